The van der Waals surface area contributed by atoms with Gasteiger partial charge in [0.25, 0.3) is 0 Å². The average Bonchev–Trinajstić information content (AvgIpc) is 2.42. The minimum atomic E-state index is -3.11. The molecule has 0 saturated heterocycles. The summed E-state index contributed by atoms with van der Waals surface area (Å²) < 4.78 is 22.7. The Kier molecular flexibility index (Phi) is 6.51. The molecule has 0 aliphatic carbocycles. The van der Waals surface area contributed by atoms with E-state index in [2.05, 4.69) is 22.5 Å². The third kappa shape index (κ3) is 5.61. The molecule has 0 heterocycles. The van der Waals surface area contributed by atoms with Crippen molar-refractivity contribution >= 4 is 15.8 Å². The minimum absolute atomic E-state index is 0.356. The molecule has 0 spiro atoms. The normalized spacial score (nSPS) is 12.2. The predicted octanol–water partition coefficient (Wildman–Crippen LogP) is 1.21. The molecule has 0 atom stereocenters. The molecule has 2 N–H and O–H groups in total. The van der Waals surface area contributed by atoms with Crippen LogP contribution in [0, 0.1) is 0 Å². The van der Waals surface area contributed by atoms with Gasteiger partial charge in [-0.1, -0.05) is 19.1 Å². The van der Waals surface area contributed by atoms with E-state index in [1.165, 1.54) is 6.26 Å². The summed E-state index contributed by atoms with van der Waals surface area (Å²) in [7, 11) is -1.37. The largest absolute Gasteiger partial charge is 0.356 e. The molecule has 0 unspecified atom stereocenters. The first-order valence-electron chi connectivity index (χ1n) is 6.71. The van der Waals surface area contributed by atoms with Crippen molar-refractivity contribution in [2.24, 2.45) is 4.99 Å². The number of rotatable bonds is 6. The van der Waals surface area contributed by atoms with Crippen molar-refractivity contribution < 1.29 is 8.42 Å². The van der Waals surface area contributed by atoms with Gasteiger partial charge in [0.05, 0.1) is 4.90 Å². The molecule has 0 saturated carbocycles. The molecule has 112 valence electrons. The van der Waals surface area contributed by atoms with Gasteiger partial charge in [-0.15, -0.1) is 0 Å². The monoisotopic (exact) mass is 297 g/mol. The van der Waals surface area contributed by atoms with Gasteiger partial charge in [0, 0.05) is 26.4 Å². The zero-order valence-electron chi connectivity index (χ0n) is 12.3. The first-order valence-corrected chi connectivity index (χ1v) is 8.60. The van der Waals surface area contributed by atoms with Crippen molar-refractivity contribution in [3.63, 3.8) is 0 Å². The van der Waals surface area contributed by atoms with E-state index >= 15 is 0 Å². The summed E-state index contributed by atoms with van der Waals surface area (Å²) in [5.41, 5.74) is 1.09. The highest BCUT2D eigenvalue weighted by atomic mass is 32.2. The van der Waals surface area contributed by atoms with Crippen LogP contribution in [-0.4, -0.2) is 40.8 Å². The Morgan fingerprint density at radius 3 is 2.25 bits per heavy atom. The predicted molar refractivity (Wildman–Crippen MR) is 82.9 cm³/mol. The molecule has 0 fully saturated rings. The summed E-state index contributed by atoms with van der Waals surface area (Å²) in [6.07, 6.45) is 3.08. The number of sulfone groups is 1. The quantitative estimate of drug-likeness (QED) is 0.611. The highest BCUT2D eigenvalue weighted by molar-refractivity contribution is 7.90. The number of hydrogen-bond acceptors (Lipinski definition) is 3. The van der Waals surface area contributed by atoms with Crippen LogP contribution >= 0.6 is 0 Å². The van der Waals surface area contributed by atoms with Crippen molar-refractivity contribution in [2.45, 2.75) is 24.7 Å². The van der Waals surface area contributed by atoms with Crippen LogP contribution in [0.15, 0.2) is 34.2 Å². The summed E-state index contributed by atoms with van der Waals surface area (Å²) in [5.74, 6) is 0.791. The number of aliphatic imine (C=N–C) groups is 1. The van der Waals surface area contributed by atoms with Crippen molar-refractivity contribution in [1.29, 1.82) is 0 Å². The maximum Gasteiger partial charge on any atom is 0.190 e. The highest BCUT2D eigenvalue weighted by Crippen LogP contribution is 2.10. The molecule has 6 heteroatoms. The Bertz CT molecular complexity index is 536. The van der Waals surface area contributed by atoms with Crippen molar-refractivity contribution in [2.75, 3.05) is 26.4 Å². The van der Waals surface area contributed by atoms with Crippen LogP contribution in [0.3, 0.4) is 0 Å². The first kappa shape index (κ1) is 16.5. The standard InChI is InChI=1S/C14H23N3O2S/c1-4-10-16-14(15-2)17-11-9-12-5-7-13(8-6-12)20(3,18)19/h5-8H,4,9-11H2,1-3H3,(H2,15,16,17). The molecular formula is C14H23N3O2S. The average molecular weight is 297 g/mol. The number of nitrogens with one attached hydrogen (secondary N) is 2. The van der Waals surface area contributed by atoms with Crippen molar-refractivity contribution in [1.82, 2.24) is 10.6 Å². The van der Waals surface area contributed by atoms with Crippen LogP contribution < -0.4 is 10.6 Å². The molecule has 5 nitrogen and oxygen atoms in total. The fraction of sp³-hybridized carbons (Fsp3) is 0.500. The van der Waals surface area contributed by atoms with E-state index in [1.54, 1.807) is 19.2 Å². The molecule has 0 amide bonds. The second kappa shape index (κ2) is 7.89. The molecule has 1 rings (SSSR count). The van der Waals surface area contributed by atoms with Gasteiger partial charge >= 0.3 is 0 Å². The fourth-order valence-corrected chi connectivity index (χ4v) is 2.32. The van der Waals surface area contributed by atoms with Gasteiger partial charge in [0.1, 0.15) is 0 Å². The van der Waals surface area contributed by atoms with E-state index in [-0.39, 0.29) is 0 Å². The molecule has 1 aromatic carbocycles. The Morgan fingerprint density at radius 1 is 1.15 bits per heavy atom. The number of nitrogens with zero attached hydrogens (tertiary/aromatic N) is 1. The second-order valence-corrected chi connectivity index (χ2v) is 6.61. The van der Waals surface area contributed by atoms with E-state index in [9.17, 15) is 8.42 Å². The highest BCUT2D eigenvalue weighted by Gasteiger charge is 2.05. The van der Waals surface area contributed by atoms with Crippen molar-refractivity contribution in [3.8, 4) is 0 Å². The summed E-state index contributed by atoms with van der Waals surface area (Å²) >= 11 is 0. The molecule has 0 aliphatic rings. The van der Waals surface area contributed by atoms with Gasteiger partial charge in [-0.3, -0.25) is 4.99 Å². The fourth-order valence-electron chi connectivity index (χ4n) is 1.69. The van der Waals surface area contributed by atoms with Crippen molar-refractivity contribution in [3.05, 3.63) is 29.8 Å². The molecule has 0 aromatic heterocycles. The summed E-state index contributed by atoms with van der Waals surface area (Å²) in [4.78, 5) is 4.47. The smallest absolute Gasteiger partial charge is 0.190 e. The Morgan fingerprint density at radius 2 is 1.75 bits per heavy atom. The van der Waals surface area contributed by atoms with E-state index < -0.39 is 9.84 Å². The van der Waals surface area contributed by atoms with Crippen LogP contribution in [0.25, 0.3) is 0 Å². The van der Waals surface area contributed by atoms with Crippen LogP contribution in [-0.2, 0) is 16.3 Å². The lowest BCUT2D eigenvalue weighted by Gasteiger charge is -2.11. The van der Waals surface area contributed by atoms with E-state index in [1.807, 2.05) is 12.1 Å². The van der Waals surface area contributed by atoms with Gasteiger partial charge in [-0.05, 0) is 30.5 Å². The second-order valence-electron chi connectivity index (χ2n) is 4.59. The third-order valence-corrected chi connectivity index (χ3v) is 3.95. The summed E-state index contributed by atoms with van der Waals surface area (Å²) in [6.45, 7) is 3.74. The number of guanidine groups is 1. The van der Waals surface area contributed by atoms with Gasteiger partial charge in [-0.2, -0.15) is 0 Å². The van der Waals surface area contributed by atoms with Gasteiger partial charge < -0.3 is 10.6 Å². The summed E-state index contributed by atoms with van der Waals surface area (Å²) in [5, 5.41) is 6.41. The molecule has 20 heavy (non-hydrogen) atoms. The first-order chi connectivity index (χ1) is 9.47. The molecule has 1 aromatic rings. The van der Waals surface area contributed by atoms with E-state index in [0.29, 0.717) is 4.90 Å². The lowest BCUT2D eigenvalue weighted by Crippen LogP contribution is -2.38. The van der Waals surface area contributed by atoms with Gasteiger partial charge in [-0.25, -0.2) is 8.42 Å². The van der Waals surface area contributed by atoms with Crippen LogP contribution in [0.4, 0.5) is 0 Å². The molecular weight excluding hydrogens is 274 g/mol. The summed E-state index contributed by atoms with van der Waals surface area (Å²) in [6, 6.07) is 6.99. The lowest BCUT2D eigenvalue weighted by molar-refractivity contribution is 0.602. The van der Waals surface area contributed by atoms with E-state index in [0.717, 1.165) is 37.5 Å². The van der Waals surface area contributed by atoms with Crippen LogP contribution in [0.2, 0.25) is 0 Å². The molecule has 0 bridgehead atoms. The van der Waals surface area contributed by atoms with Gasteiger partial charge in [0.2, 0.25) is 0 Å². The van der Waals surface area contributed by atoms with Gasteiger partial charge in [0.15, 0.2) is 15.8 Å². The maximum atomic E-state index is 11.4. The number of benzene rings is 1. The van der Waals surface area contributed by atoms with Crippen LogP contribution in [0.5, 0.6) is 0 Å². The Labute approximate surface area is 121 Å². The third-order valence-electron chi connectivity index (χ3n) is 2.82. The SMILES string of the molecule is CCCNC(=NC)NCCc1ccc(S(C)(=O)=O)cc1. The topological polar surface area (TPSA) is 70.6 Å². The molecule has 0 aliphatic heterocycles. The Balaban J connectivity index is 2.46. The maximum absolute atomic E-state index is 11.4. The Hall–Kier alpha value is -1.56. The molecule has 0 radical (unpaired) electrons. The number of hydrogen-bond donors (Lipinski definition) is 2. The zero-order chi connectivity index (χ0) is 15.0. The lowest BCUT2D eigenvalue weighted by atomic mass is 10.1. The zero-order valence-corrected chi connectivity index (χ0v) is 13.1. The van der Waals surface area contributed by atoms with Crippen LogP contribution in [0.1, 0.15) is 18.9 Å². The minimum Gasteiger partial charge on any atom is -0.356 e. The van der Waals surface area contributed by atoms with E-state index in [4.69, 9.17) is 0 Å².